The van der Waals surface area contributed by atoms with Gasteiger partial charge in [-0.3, -0.25) is 9.59 Å². The van der Waals surface area contributed by atoms with E-state index < -0.39 is 11.4 Å². The second kappa shape index (κ2) is 6.97. The highest BCUT2D eigenvalue weighted by Crippen LogP contribution is 2.49. The summed E-state index contributed by atoms with van der Waals surface area (Å²) < 4.78 is 5.16. The summed E-state index contributed by atoms with van der Waals surface area (Å²) in [6.45, 7) is 1.03. The van der Waals surface area contributed by atoms with E-state index in [2.05, 4.69) is 30.3 Å². The first-order chi connectivity index (χ1) is 13.0. The van der Waals surface area contributed by atoms with Crippen LogP contribution in [0.4, 0.5) is 0 Å². The van der Waals surface area contributed by atoms with Gasteiger partial charge in [0, 0.05) is 26.1 Å². The van der Waals surface area contributed by atoms with Crippen LogP contribution in [0, 0.1) is 11.3 Å². The van der Waals surface area contributed by atoms with Crippen LogP contribution in [0.3, 0.4) is 0 Å². The Labute approximate surface area is 158 Å². The lowest BCUT2D eigenvalue weighted by Gasteiger charge is -2.39. The number of carboxylic acid groups (broad SMARTS) is 1. The lowest BCUT2D eigenvalue weighted by molar-refractivity contribution is -0.159. The minimum Gasteiger partial charge on any atom is -0.481 e. The van der Waals surface area contributed by atoms with Gasteiger partial charge < -0.3 is 14.7 Å². The second-order valence-electron chi connectivity index (χ2n) is 7.94. The molecular weight excluding hydrogens is 342 g/mol. The summed E-state index contributed by atoms with van der Waals surface area (Å²) in [5.41, 5.74) is 0.223. The third kappa shape index (κ3) is 3.32. The van der Waals surface area contributed by atoms with E-state index in [4.69, 9.17) is 4.74 Å². The van der Waals surface area contributed by atoms with Crippen LogP contribution in [-0.4, -0.2) is 48.7 Å². The van der Waals surface area contributed by atoms with Gasteiger partial charge in [0.15, 0.2) is 0 Å². The third-order valence-electron chi connectivity index (χ3n) is 6.07. The molecule has 2 fully saturated rings. The molecule has 5 heteroatoms. The van der Waals surface area contributed by atoms with Crippen molar-refractivity contribution < 1.29 is 19.4 Å². The molecule has 3 unspecified atom stereocenters. The summed E-state index contributed by atoms with van der Waals surface area (Å²) in [6.07, 6.45) is 2.10. The largest absolute Gasteiger partial charge is 0.481 e. The predicted octanol–water partition coefficient (Wildman–Crippen LogP) is 3.28. The van der Waals surface area contributed by atoms with E-state index in [9.17, 15) is 14.7 Å². The summed E-state index contributed by atoms with van der Waals surface area (Å²) >= 11 is 0. The Bertz CT molecular complexity index is 875. The molecular formula is C22H25NO4. The SMILES string of the molecule is COCC1(C(=O)O)CCCN(C(=O)C2CC2c2ccc3ccccc3c2)C1. The first kappa shape index (κ1) is 18.0. The van der Waals surface area contributed by atoms with Crippen molar-refractivity contribution in [2.75, 3.05) is 26.8 Å². The van der Waals surface area contributed by atoms with Crippen LogP contribution in [-0.2, 0) is 14.3 Å². The molecule has 1 saturated carbocycles. The van der Waals surface area contributed by atoms with Crippen LogP contribution in [0.1, 0.15) is 30.7 Å². The zero-order valence-electron chi connectivity index (χ0n) is 15.6. The van der Waals surface area contributed by atoms with Gasteiger partial charge in [0.25, 0.3) is 0 Å². The maximum atomic E-state index is 13.0. The van der Waals surface area contributed by atoms with Crippen LogP contribution in [0.15, 0.2) is 42.5 Å². The Hall–Kier alpha value is -2.40. The van der Waals surface area contributed by atoms with Gasteiger partial charge in [-0.05, 0) is 41.5 Å². The number of fused-ring (bicyclic) bond motifs is 1. The smallest absolute Gasteiger partial charge is 0.313 e. The minimum absolute atomic E-state index is 0.0293. The Morgan fingerprint density at radius 2 is 2.00 bits per heavy atom. The van der Waals surface area contributed by atoms with Crippen LogP contribution < -0.4 is 0 Å². The summed E-state index contributed by atoms with van der Waals surface area (Å²) in [5.74, 6) is -0.567. The number of benzene rings is 2. The number of carboxylic acids is 1. The molecule has 1 aliphatic carbocycles. The molecule has 0 bridgehead atoms. The Kier molecular flexibility index (Phi) is 4.64. The predicted molar refractivity (Wildman–Crippen MR) is 103 cm³/mol. The quantitative estimate of drug-likeness (QED) is 0.881. The normalized spacial score (nSPS) is 27.5. The summed E-state index contributed by atoms with van der Waals surface area (Å²) in [7, 11) is 1.52. The Morgan fingerprint density at radius 1 is 1.22 bits per heavy atom. The molecule has 1 heterocycles. The van der Waals surface area contributed by atoms with Crippen molar-refractivity contribution >= 4 is 22.6 Å². The molecule has 2 aromatic rings. The number of nitrogens with zero attached hydrogens (tertiary/aromatic N) is 1. The van der Waals surface area contributed by atoms with E-state index in [1.807, 2.05) is 12.1 Å². The average Bonchev–Trinajstić information content (AvgIpc) is 3.48. The molecule has 2 aromatic carbocycles. The Balaban J connectivity index is 1.48. The standard InChI is InChI=1S/C22H25NO4/c1-27-14-22(21(25)26)9-4-10-23(13-22)20(24)19-12-18(19)17-8-7-15-5-2-3-6-16(15)11-17/h2-3,5-8,11,18-19H,4,9-10,12-14H2,1H3,(H,25,26). The summed E-state index contributed by atoms with van der Waals surface area (Å²) in [6, 6.07) is 14.6. The Morgan fingerprint density at radius 3 is 2.74 bits per heavy atom. The number of aliphatic carboxylic acids is 1. The molecule has 142 valence electrons. The first-order valence-electron chi connectivity index (χ1n) is 9.54. The van der Waals surface area contributed by atoms with Crippen molar-refractivity contribution in [3.63, 3.8) is 0 Å². The topological polar surface area (TPSA) is 66.8 Å². The first-order valence-corrected chi connectivity index (χ1v) is 9.54. The van der Waals surface area contributed by atoms with E-state index in [0.29, 0.717) is 19.4 Å². The molecule has 1 N–H and O–H groups in total. The maximum Gasteiger partial charge on any atom is 0.313 e. The fraction of sp³-hybridized carbons (Fsp3) is 0.455. The molecule has 3 atom stereocenters. The maximum absolute atomic E-state index is 13.0. The molecule has 1 amide bonds. The average molecular weight is 367 g/mol. The van der Waals surface area contributed by atoms with E-state index >= 15 is 0 Å². The number of hydrogen-bond donors (Lipinski definition) is 1. The van der Waals surface area contributed by atoms with Crippen LogP contribution >= 0.6 is 0 Å². The molecule has 27 heavy (non-hydrogen) atoms. The second-order valence-corrected chi connectivity index (χ2v) is 7.94. The number of piperidine rings is 1. The van der Waals surface area contributed by atoms with Gasteiger partial charge in [-0.25, -0.2) is 0 Å². The van der Waals surface area contributed by atoms with Gasteiger partial charge in [0.05, 0.1) is 6.61 Å². The van der Waals surface area contributed by atoms with Gasteiger partial charge in [-0.2, -0.15) is 0 Å². The fourth-order valence-corrected chi connectivity index (χ4v) is 4.46. The molecule has 0 radical (unpaired) electrons. The number of ether oxygens (including phenoxy) is 1. The molecule has 0 spiro atoms. The van der Waals surface area contributed by atoms with E-state index in [0.717, 1.165) is 6.42 Å². The molecule has 1 saturated heterocycles. The summed E-state index contributed by atoms with van der Waals surface area (Å²) in [4.78, 5) is 26.6. The van der Waals surface area contributed by atoms with Crippen molar-refractivity contribution in [2.45, 2.75) is 25.2 Å². The van der Waals surface area contributed by atoms with Crippen LogP contribution in [0.2, 0.25) is 0 Å². The molecule has 1 aliphatic heterocycles. The van der Waals surface area contributed by atoms with Crippen molar-refractivity contribution in [3.05, 3.63) is 48.0 Å². The van der Waals surface area contributed by atoms with Gasteiger partial charge in [0.1, 0.15) is 5.41 Å². The summed E-state index contributed by atoms with van der Waals surface area (Å²) in [5, 5.41) is 12.1. The number of rotatable bonds is 5. The molecule has 4 rings (SSSR count). The zero-order valence-corrected chi connectivity index (χ0v) is 15.6. The van der Waals surface area contributed by atoms with Gasteiger partial charge in [0.2, 0.25) is 5.91 Å². The number of carbonyl (C=O) groups is 2. The van der Waals surface area contributed by atoms with Crippen molar-refractivity contribution in [1.82, 2.24) is 4.90 Å². The monoisotopic (exact) mass is 367 g/mol. The highest BCUT2D eigenvalue weighted by atomic mass is 16.5. The van der Waals surface area contributed by atoms with Crippen molar-refractivity contribution in [2.24, 2.45) is 11.3 Å². The molecule has 0 aromatic heterocycles. The van der Waals surface area contributed by atoms with Crippen LogP contribution in [0.25, 0.3) is 10.8 Å². The lowest BCUT2D eigenvalue weighted by Crippen LogP contribution is -2.52. The number of amides is 1. The highest BCUT2D eigenvalue weighted by molar-refractivity contribution is 5.86. The fourth-order valence-electron chi connectivity index (χ4n) is 4.46. The van der Waals surface area contributed by atoms with Gasteiger partial charge in [-0.1, -0.05) is 42.5 Å². The van der Waals surface area contributed by atoms with Gasteiger partial charge >= 0.3 is 5.97 Å². The van der Waals surface area contributed by atoms with Crippen LogP contribution in [0.5, 0.6) is 0 Å². The number of methoxy groups -OCH3 is 1. The molecule has 2 aliphatic rings. The lowest BCUT2D eigenvalue weighted by atomic mass is 9.80. The molecule has 5 nitrogen and oxygen atoms in total. The van der Waals surface area contributed by atoms with Gasteiger partial charge in [-0.15, -0.1) is 0 Å². The minimum atomic E-state index is -0.976. The third-order valence-corrected chi connectivity index (χ3v) is 6.07. The van der Waals surface area contributed by atoms with E-state index in [-0.39, 0.29) is 30.9 Å². The van der Waals surface area contributed by atoms with E-state index in [1.165, 1.54) is 23.4 Å². The highest BCUT2D eigenvalue weighted by Gasteiger charge is 2.50. The number of carbonyl (C=O) groups excluding carboxylic acids is 1. The van der Waals surface area contributed by atoms with Crippen molar-refractivity contribution in [1.29, 1.82) is 0 Å². The van der Waals surface area contributed by atoms with E-state index in [1.54, 1.807) is 4.90 Å². The number of hydrogen-bond acceptors (Lipinski definition) is 3. The number of likely N-dealkylation sites (tertiary alicyclic amines) is 1. The van der Waals surface area contributed by atoms with Crippen molar-refractivity contribution in [3.8, 4) is 0 Å². The zero-order chi connectivity index (χ0) is 19.0.